The maximum absolute atomic E-state index is 11.4. The lowest BCUT2D eigenvalue weighted by atomic mass is 9.75. The number of carboxylic acids is 1. The summed E-state index contributed by atoms with van der Waals surface area (Å²) in [7, 11) is 1.63. The molecule has 2 unspecified atom stereocenters. The summed E-state index contributed by atoms with van der Waals surface area (Å²) < 4.78 is 6.33. The molecule has 2 rings (SSSR count). The van der Waals surface area contributed by atoms with Gasteiger partial charge in [-0.2, -0.15) is 0 Å². The predicted octanol–water partition coefficient (Wildman–Crippen LogP) is 3.82. The second-order valence-corrected chi connectivity index (χ2v) is 5.64. The molecule has 0 spiro atoms. The number of rotatable bonds is 3. The molecule has 98 valence electrons. The number of hydrogen-bond donors (Lipinski definition) is 1. The lowest BCUT2D eigenvalue weighted by Crippen LogP contribution is -2.25. The maximum Gasteiger partial charge on any atom is 0.307 e. The van der Waals surface area contributed by atoms with Gasteiger partial charge in [-0.3, -0.25) is 4.79 Å². The van der Waals surface area contributed by atoms with Crippen molar-refractivity contribution in [2.45, 2.75) is 31.6 Å². The molecule has 1 saturated carbocycles. The standard InChI is InChI=1S/C14H17BrO3/c1-18-13-7-6-9(15)8-12(13)10-4-2-3-5-11(10)14(16)17/h6-8,10-11H,2-5H2,1H3,(H,16,17). The van der Waals surface area contributed by atoms with Crippen molar-refractivity contribution >= 4 is 21.9 Å². The number of carboxylic acid groups (broad SMARTS) is 1. The highest BCUT2D eigenvalue weighted by Crippen LogP contribution is 2.42. The molecule has 1 fully saturated rings. The minimum absolute atomic E-state index is 0.0590. The fraction of sp³-hybridized carbons (Fsp3) is 0.500. The van der Waals surface area contributed by atoms with Gasteiger partial charge in [0.1, 0.15) is 5.75 Å². The number of halogens is 1. The van der Waals surface area contributed by atoms with Crippen LogP contribution in [0.15, 0.2) is 22.7 Å². The molecule has 0 aromatic heterocycles. The third kappa shape index (κ3) is 2.69. The Bertz CT molecular complexity index is 445. The van der Waals surface area contributed by atoms with Crippen LogP contribution in [-0.2, 0) is 4.79 Å². The molecular formula is C14H17BrO3. The van der Waals surface area contributed by atoms with E-state index in [1.807, 2.05) is 18.2 Å². The average molecular weight is 313 g/mol. The molecule has 2 atom stereocenters. The second kappa shape index (κ2) is 5.74. The van der Waals surface area contributed by atoms with E-state index in [9.17, 15) is 9.90 Å². The molecule has 1 aromatic carbocycles. The lowest BCUT2D eigenvalue weighted by molar-refractivity contribution is -0.143. The quantitative estimate of drug-likeness (QED) is 0.923. The molecule has 0 heterocycles. The number of aliphatic carboxylic acids is 1. The van der Waals surface area contributed by atoms with Crippen LogP contribution in [0, 0.1) is 5.92 Å². The average Bonchev–Trinajstić information content (AvgIpc) is 2.38. The number of methoxy groups -OCH3 is 1. The minimum atomic E-state index is -0.693. The van der Waals surface area contributed by atoms with Crippen molar-refractivity contribution < 1.29 is 14.6 Å². The van der Waals surface area contributed by atoms with Crippen LogP contribution in [0.25, 0.3) is 0 Å². The zero-order chi connectivity index (χ0) is 13.1. The summed E-state index contributed by atoms with van der Waals surface area (Å²) in [5.41, 5.74) is 1.01. The highest BCUT2D eigenvalue weighted by molar-refractivity contribution is 9.10. The molecule has 1 aliphatic rings. The first-order chi connectivity index (χ1) is 8.63. The third-order valence-corrected chi connectivity index (χ3v) is 4.17. The van der Waals surface area contributed by atoms with Gasteiger partial charge in [0.2, 0.25) is 0 Å². The maximum atomic E-state index is 11.4. The number of ether oxygens (including phenoxy) is 1. The zero-order valence-corrected chi connectivity index (χ0v) is 11.9. The van der Waals surface area contributed by atoms with Crippen LogP contribution >= 0.6 is 15.9 Å². The van der Waals surface area contributed by atoms with Crippen molar-refractivity contribution in [1.29, 1.82) is 0 Å². The molecule has 0 radical (unpaired) electrons. The fourth-order valence-electron chi connectivity index (χ4n) is 2.79. The molecule has 0 bridgehead atoms. The summed E-state index contributed by atoms with van der Waals surface area (Å²) in [6, 6.07) is 5.80. The first kappa shape index (κ1) is 13.4. The van der Waals surface area contributed by atoms with Crippen molar-refractivity contribution in [3.8, 4) is 5.75 Å². The van der Waals surface area contributed by atoms with E-state index >= 15 is 0 Å². The van der Waals surface area contributed by atoms with Crippen LogP contribution in [-0.4, -0.2) is 18.2 Å². The molecule has 18 heavy (non-hydrogen) atoms. The Hall–Kier alpha value is -1.03. The molecule has 0 aliphatic heterocycles. The summed E-state index contributed by atoms with van der Waals surface area (Å²) in [6.45, 7) is 0. The van der Waals surface area contributed by atoms with E-state index < -0.39 is 5.97 Å². The van der Waals surface area contributed by atoms with E-state index in [1.54, 1.807) is 7.11 Å². The summed E-state index contributed by atoms with van der Waals surface area (Å²) in [5.74, 6) is -0.135. The van der Waals surface area contributed by atoms with Gasteiger partial charge in [-0.05, 0) is 36.6 Å². The Kier molecular flexibility index (Phi) is 4.27. The summed E-state index contributed by atoms with van der Waals surface area (Å²) in [6.07, 6.45) is 3.77. The lowest BCUT2D eigenvalue weighted by Gasteiger charge is -2.30. The van der Waals surface area contributed by atoms with Crippen LogP contribution in [0.2, 0.25) is 0 Å². The zero-order valence-electron chi connectivity index (χ0n) is 10.4. The van der Waals surface area contributed by atoms with E-state index in [1.165, 1.54) is 0 Å². The Labute approximate surface area is 115 Å². The summed E-state index contributed by atoms with van der Waals surface area (Å²) in [4.78, 5) is 11.4. The van der Waals surface area contributed by atoms with Gasteiger partial charge in [0, 0.05) is 10.4 Å². The molecule has 1 aromatic rings. The summed E-state index contributed by atoms with van der Waals surface area (Å²) in [5, 5.41) is 9.35. The van der Waals surface area contributed by atoms with E-state index in [0.717, 1.165) is 41.5 Å². The molecule has 0 saturated heterocycles. The van der Waals surface area contributed by atoms with E-state index in [0.29, 0.717) is 0 Å². The van der Waals surface area contributed by atoms with Crippen LogP contribution in [0.5, 0.6) is 5.75 Å². The van der Waals surface area contributed by atoms with Gasteiger partial charge in [-0.25, -0.2) is 0 Å². The van der Waals surface area contributed by atoms with E-state index in [2.05, 4.69) is 15.9 Å². The third-order valence-electron chi connectivity index (χ3n) is 3.67. The normalized spacial score (nSPS) is 23.7. The van der Waals surface area contributed by atoms with Gasteiger partial charge in [0.25, 0.3) is 0 Å². The van der Waals surface area contributed by atoms with Gasteiger partial charge >= 0.3 is 5.97 Å². The van der Waals surface area contributed by atoms with Gasteiger partial charge in [0.15, 0.2) is 0 Å². The molecule has 1 N–H and O–H groups in total. The van der Waals surface area contributed by atoms with Gasteiger partial charge in [0.05, 0.1) is 13.0 Å². The van der Waals surface area contributed by atoms with Crippen molar-refractivity contribution in [2.75, 3.05) is 7.11 Å². The van der Waals surface area contributed by atoms with E-state index in [4.69, 9.17) is 4.74 Å². The number of benzene rings is 1. The first-order valence-corrected chi connectivity index (χ1v) is 6.99. The largest absolute Gasteiger partial charge is 0.496 e. The van der Waals surface area contributed by atoms with Gasteiger partial charge in [-0.1, -0.05) is 28.8 Å². The van der Waals surface area contributed by atoms with Crippen LogP contribution in [0.3, 0.4) is 0 Å². The highest BCUT2D eigenvalue weighted by Gasteiger charge is 2.33. The van der Waals surface area contributed by atoms with E-state index in [-0.39, 0.29) is 11.8 Å². The Morgan fingerprint density at radius 1 is 1.39 bits per heavy atom. The first-order valence-electron chi connectivity index (χ1n) is 6.19. The Balaban J connectivity index is 2.38. The highest BCUT2D eigenvalue weighted by atomic mass is 79.9. The Morgan fingerprint density at radius 3 is 2.78 bits per heavy atom. The topological polar surface area (TPSA) is 46.5 Å². The van der Waals surface area contributed by atoms with Crippen LogP contribution in [0.4, 0.5) is 0 Å². The van der Waals surface area contributed by atoms with Crippen LogP contribution < -0.4 is 4.74 Å². The molecule has 4 heteroatoms. The molecule has 3 nitrogen and oxygen atoms in total. The fourth-order valence-corrected chi connectivity index (χ4v) is 3.17. The molecule has 1 aliphatic carbocycles. The van der Waals surface area contributed by atoms with Gasteiger partial charge in [-0.15, -0.1) is 0 Å². The summed E-state index contributed by atoms with van der Waals surface area (Å²) >= 11 is 3.45. The monoisotopic (exact) mass is 312 g/mol. The van der Waals surface area contributed by atoms with Crippen molar-refractivity contribution in [3.63, 3.8) is 0 Å². The SMILES string of the molecule is COc1ccc(Br)cc1C1CCCCC1C(=O)O. The van der Waals surface area contributed by atoms with Crippen LogP contribution in [0.1, 0.15) is 37.2 Å². The second-order valence-electron chi connectivity index (χ2n) is 4.72. The molecule has 0 amide bonds. The van der Waals surface area contributed by atoms with Crippen molar-refractivity contribution in [2.24, 2.45) is 5.92 Å². The molecular weight excluding hydrogens is 296 g/mol. The van der Waals surface area contributed by atoms with Gasteiger partial charge < -0.3 is 9.84 Å². The minimum Gasteiger partial charge on any atom is -0.496 e. The Morgan fingerprint density at radius 2 is 2.11 bits per heavy atom. The smallest absolute Gasteiger partial charge is 0.307 e. The number of hydrogen-bond acceptors (Lipinski definition) is 2. The van der Waals surface area contributed by atoms with Crippen molar-refractivity contribution in [3.05, 3.63) is 28.2 Å². The number of carbonyl (C=O) groups is 1. The van der Waals surface area contributed by atoms with Crippen molar-refractivity contribution in [1.82, 2.24) is 0 Å². The predicted molar refractivity (Wildman–Crippen MR) is 73.0 cm³/mol.